The molecule has 1 fully saturated rings. The largest absolute Gasteiger partial charge is 0.469 e. The summed E-state index contributed by atoms with van der Waals surface area (Å²) in [6, 6.07) is 0. The summed E-state index contributed by atoms with van der Waals surface area (Å²) in [5.74, 6) is -0.122. The Hall–Kier alpha value is -0.570. The molecule has 0 aromatic carbocycles. The highest BCUT2D eigenvalue weighted by atomic mass is 16.5. The molecule has 0 heterocycles. The standard InChI is InChI=1S/C7H12O3/c1-3-10-6-4-5(6)7(8)9-2/h5-6H,3-4H2,1-2H3/t5-,6+/m1/s1. The molecule has 0 unspecified atom stereocenters. The maximum atomic E-state index is 10.8. The highest BCUT2D eigenvalue weighted by Crippen LogP contribution is 2.34. The average Bonchev–Trinajstić information content (AvgIpc) is 2.67. The molecule has 3 nitrogen and oxygen atoms in total. The lowest BCUT2D eigenvalue weighted by Crippen LogP contribution is -2.08. The summed E-state index contributed by atoms with van der Waals surface area (Å²) < 4.78 is 9.72. The topological polar surface area (TPSA) is 35.5 Å². The van der Waals surface area contributed by atoms with Crippen molar-refractivity contribution in [1.82, 2.24) is 0 Å². The molecule has 1 aliphatic carbocycles. The van der Waals surface area contributed by atoms with Crippen molar-refractivity contribution in [1.29, 1.82) is 0 Å². The van der Waals surface area contributed by atoms with Crippen molar-refractivity contribution < 1.29 is 14.3 Å². The zero-order valence-electron chi connectivity index (χ0n) is 6.29. The van der Waals surface area contributed by atoms with E-state index in [4.69, 9.17) is 4.74 Å². The summed E-state index contributed by atoms with van der Waals surface area (Å²) in [5.41, 5.74) is 0. The molecule has 10 heavy (non-hydrogen) atoms. The quantitative estimate of drug-likeness (QED) is 0.544. The highest BCUT2D eigenvalue weighted by Gasteiger charge is 2.44. The molecular weight excluding hydrogens is 132 g/mol. The Morgan fingerprint density at radius 3 is 2.90 bits per heavy atom. The molecule has 0 saturated heterocycles. The van der Waals surface area contributed by atoms with Gasteiger partial charge in [-0.3, -0.25) is 4.79 Å². The third-order valence-electron chi connectivity index (χ3n) is 1.62. The molecular formula is C7H12O3. The Bertz CT molecular complexity index is 133. The fourth-order valence-corrected chi connectivity index (χ4v) is 0.969. The number of hydrogen-bond acceptors (Lipinski definition) is 3. The second kappa shape index (κ2) is 3.01. The summed E-state index contributed by atoms with van der Waals surface area (Å²) in [5, 5.41) is 0. The van der Waals surface area contributed by atoms with Gasteiger partial charge < -0.3 is 9.47 Å². The summed E-state index contributed by atoms with van der Waals surface area (Å²) in [6.07, 6.45) is 0.970. The van der Waals surface area contributed by atoms with Crippen LogP contribution in [0.25, 0.3) is 0 Å². The third-order valence-corrected chi connectivity index (χ3v) is 1.62. The SMILES string of the molecule is CCO[C@H]1C[C@H]1C(=O)OC. The van der Waals surface area contributed by atoms with Crippen LogP contribution in [-0.2, 0) is 14.3 Å². The van der Waals surface area contributed by atoms with Crippen molar-refractivity contribution in [3.63, 3.8) is 0 Å². The lowest BCUT2D eigenvalue weighted by molar-refractivity contribution is -0.143. The van der Waals surface area contributed by atoms with Crippen LogP contribution in [0.4, 0.5) is 0 Å². The highest BCUT2D eigenvalue weighted by molar-refractivity contribution is 5.76. The molecule has 2 atom stereocenters. The monoisotopic (exact) mass is 144 g/mol. The van der Waals surface area contributed by atoms with E-state index in [-0.39, 0.29) is 18.0 Å². The molecule has 0 bridgehead atoms. The first-order valence-corrected chi connectivity index (χ1v) is 3.49. The lowest BCUT2D eigenvalue weighted by atomic mass is 10.4. The van der Waals surface area contributed by atoms with Crippen LogP contribution in [0.5, 0.6) is 0 Å². The van der Waals surface area contributed by atoms with Crippen molar-refractivity contribution in [3.05, 3.63) is 0 Å². The van der Waals surface area contributed by atoms with Gasteiger partial charge in [0.1, 0.15) is 0 Å². The van der Waals surface area contributed by atoms with Crippen LogP contribution < -0.4 is 0 Å². The van der Waals surface area contributed by atoms with Gasteiger partial charge in [0.05, 0.1) is 19.1 Å². The second-order valence-corrected chi connectivity index (χ2v) is 2.36. The molecule has 0 radical (unpaired) electrons. The predicted octanol–water partition coefficient (Wildman–Crippen LogP) is 0.584. The number of rotatable bonds is 3. The molecule has 1 rings (SSSR count). The van der Waals surface area contributed by atoms with Gasteiger partial charge in [-0.25, -0.2) is 0 Å². The van der Waals surface area contributed by atoms with Crippen molar-refractivity contribution in [2.45, 2.75) is 19.4 Å². The van der Waals surface area contributed by atoms with E-state index < -0.39 is 0 Å². The predicted molar refractivity (Wildman–Crippen MR) is 35.5 cm³/mol. The van der Waals surface area contributed by atoms with Crippen molar-refractivity contribution in [2.75, 3.05) is 13.7 Å². The van der Waals surface area contributed by atoms with E-state index in [2.05, 4.69) is 4.74 Å². The molecule has 0 amide bonds. The van der Waals surface area contributed by atoms with E-state index >= 15 is 0 Å². The van der Waals surface area contributed by atoms with Gasteiger partial charge in [0.25, 0.3) is 0 Å². The van der Waals surface area contributed by atoms with E-state index in [0.29, 0.717) is 6.61 Å². The first-order chi connectivity index (χ1) is 4.79. The zero-order valence-corrected chi connectivity index (χ0v) is 6.29. The number of methoxy groups -OCH3 is 1. The van der Waals surface area contributed by atoms with Crippen molar-refractivity contribution in [3.8, 4) is 0 Å². The zero-order chi connectivity index (χ0) is 7.56. The molecule has 1 aliphatic rings. The molecule has 1 saturated carbocycles. The molecule has 0 spiro atoms. The fraction of sp³-hybridized carbons (Fsp3) is 0.857. The first-order valence-electron chi connectivity index (χ1n) is 3.49. The van der Waals surface area contributed by atoms with Gasteiger partial charge in [0.2, 0.25) is 0 Å². The van der Waals surface area contributed by atoms with Crippen LogP contribution in [-0.4, -0.2) is 25.8 Å². The van der Waals surface area contributed by atoms with E-state index in [9.17, 15) is 4.79 Å². The van der Waals surface area contributed by atoms with Gasteiger partial charge >= 0.3 is 5.97 Å². The van der Waals surface area contributed by atoms with Crippen LogP contribution in [0.3, 0.4) is 0 Å². The van der Waals surface area contributed by atoms with E-state index in [1.165, 1.54) is 7.11 Å². The van der Waals surface area contributed by atoms with Gasteiger partial charge in [0, 0.05) is 6.61 Å². The maximum absolute atomic E-state index is 10.8. The normalized spacial score (nSPS) is 29.8. The summed E-state index contributed by atoms with van der Waals surface area (Å²) in [4.78, 5) is 10.8. The Labute approximate surface area is 60.3 Å². The molecule has 0 aromatic heterocycles. The number of carbonyl (C=O) groups excluding carboxylic acids is 1. The van der Waals surface area contributed by atoms with Crippen LogP contribution in [0.15, 0.2) is 0 Å². The molecule has 0 aromatic rings. The number of esters is 1. The number of ether oxygens (including phenoxy) is 2. The van der Waals surface area contributed by atoms with Gasteiger partial charge in [-0.1, -0.05) is 0 Å². The Morgan fingerprint density at radius 1 is 1.70 bits per heavy atom. The summed E-state index contributed by atoms with van der Waals surface area (Å²) in [7, 11) is 1.41. The molecule has 58 valence electrons. The molecule has 0 aliphatic heterocycles. The summed E-state index contributed by atoms with van der Waals surface area (Å²) >= 11 is 0. The van der Waals surface area contributed by atoms with Crippen LogP contribution in [0, 0.1) is 5.92 Å². The van der Waals surface area contributed by atoms with E-state index in [1.807, 2.05) is 6.92 Å². The Balaban J connectivity index is 2.18. The maximum Gasteiger partial charge on any atom is 0.311 e. The van der Waals surface area contributed by atoms with Crippen LogP contribution in [0.1, 0.15) is 13.3 Å². The van der Waals surface area contributed by atoms with Crippen molar-refractivity contribution in [2.24, 2.45) is 5.92 Å². The van der Waals surface area contributed by atoms with Gasteiger partial charge in [-0.15, -0.1) is 0 Å². The average molecular weight is 144 g/mol. The van der Waals surface area contributed by atoms with Gasteiger partial charge in [-0.2, -0.15) is 0 Å². The Kier molecular flexibility index (Phi) is 2.27. The number of hydrogen-bond donors (Lipinski definition) is 0. The van der Waals surface area contributed by atoms with E-state index in [1.54, 1.807) is 0 Å². The summed E-state index contributed by atoms with van der Waals surface area (Å²) in [6.45, 7) is 2.60. The van der Waals surface area contributed by atoms with E-state index in [0.717, 1.165) is 6.42 Å². The van der Waals surface area contributed by atoms with Gasteiger partial charge in [0.15, 0.2) is 0 Å². The number of carbonyl (C=O) groups is 1. The van der Waals surface area contributed by atoms with Gasteiger partial charge in [-0.05, 0) is 13.3 Å². The minimum atomic E-state index is -0.140. The second-order valence-electron chi connectivity index (χ2n) is 2.36. The lowest BCUT2D eigenvalue weighted by Gasteiger charge is -1.97. The Morgan fingerprint density at radius 2 is 2.40 bits per heavy atom. The van der Waals surface area contributed by atoms with Crippen LogP contribution in [0.2, 0.25) is 0 Å². The van der Waals surface area contributed by atoms with Crippen LogP contribution >= 0.6 is 0 Å². The fourth-order valence-electron chi connectivity index (χ4n) is 0.969. The molecule has 0 N–H and O–H groups in total. The first kappa shape index (κ1) is 7.54. The van der Waals surface area contributed by atoms with Crippen molar-refractivity contribution >= 4 is 5.97 Å². The smallest absolute Gasteiger partial charge is 0.311 e. The molecule has 3 heteroatoms. The minimum absolute atomic E-state index is 0.0185. The third kappa shape index (κ3) is 1.48. The minimum Gasteiger partial charge on any atom is -0.469 e.